The molecule has 4 heteroatoms. The number of unbranched alkanes of at least 4 members (excludes halogenated alkanes) is 1. The van der Waals surface area contributed by atoms with Gasteiger partial charge in [0.05, 0.1) is 5.92 Å². The lowest BCUT2D eigenvalue weighted by Gasteiger charge is -2.16. The van der Waals surface area contributed by atoms with Gasteiger partial charge in [0, 0.05) is 12.5 Å². The van der Waals surface area contributed by atoms with Gasteiger partial charge in [0.25, 0.3) is 0 Å². The van der Waals surface area contributed by atoms with Gasteiger partial charge in [-0.05, 0) is 18.4 Å². The maximum atomic E-state index is 11.9. The molecular weight excluding hydrogens is 266 g/mol. The molecule has 0 saturated heterocycles. The second-order valence-corrected chi connectivity index (χ2v) is 5.51. The molecule has 1 amide bonds. The number of carboxylic acids is 1. The molecule has 1 aromatic carbocycles. The van der Waals surface area contributed by atoms with Gasteiger partial charge < -0.3 is 10.4 Å². The first-order chi connectivity index (χ1) is 10.0. The summed E-state index contributed by atoms with van der Waals surface area (Å²) in [6.07, 6.45) is 3.35. The molecular formula is C17H25NO3. The summed E-state index contributed by atoms with van der Waals surface area (Å²) in [5.41, 5.74) is 0.971. The Hall–Kier alpha value is -1.84. The Labute approximate surface area is 126 Å². The first-order valence-corrected chi connectivity index (χ1v) is 7.59. The van der Waals surface area contributed by atoms with Gasteiger partial charge in [-0.2, -0.15) is 0 Å². The van der Waals surface area contributed by atoms with Crippen molar-refractivity contribution in [3.05, 3.63) is 35.9 Å². The van der Waals surface area contributed by atoms with Crippen LogP contribution in [-0.4, -0.2) is 23.5 Å². The number of carboxylic acid groups (broad SMARTS) is 1. The lowest BCUT2D eigenvalue weighted by Crippen LogP contribution is -2.36. The molecule has 116 valence electrons. The van der Waals surface area contributed by atoms with Gasteiger partial charge in [-0.15, -0.1) is 0 Å². The maximum Gasteiger partial charge on any atom is 0.308 e. The minimum Gasteiger partial charge on any atom is -0.481 e. The molecule has 0 aliphatic carbocycles. The van der Waals surface area contributed by atoms with Crippen molar-refractivity contribution in [3.63, 3.8) is 0 Å². The summed E-state index contributed by atoms with van der Waals surface area (Å²) in [6, 6.07) is 9.49. The van der Waals surface area contributed by atoms with Crippen LogP contribution in [0.25, 0.3) is 0 Å². The van der Waals surface area contributed by atoms with Crippen LogP contribution < -0.4 is 5.32 Å². The summed E-state index contributed by atoms with van der Waals surface area (Å²) >= 11 is 0. The van der Waals surface area contributed by atoms with Gasteiger partial charge >= 0.3 is 5.97 Å². The fraction of sp³-hybridized carbons (Fsp3) is 0.529. The van der Waals surface area contributed by atoms with E-state index in [9.17, 15) is 14.7 Å². The summed E-state index contributed by atoms with van der Waals surface area (Å²) in [5, 5.41) is 12.0. The predicted octanol–water partition coefficient (Wildman–Crippen LogP) is 2.87. The number of rotatable bonds is 9. The van der Waals surface area contributed by atoms with Crippen LogP contribution in [-0.2, 0) is 16.0 Å². The average Bonchev–Trinajstić information content (AvgIpc) is 2.49. The fourth-order valence-corrected chi connectivity index (χ4v) is 2.18. The molecule has 0 heterocycles. The molecule has 0 bridgehead atoms. The quantitative estimate of drug-likeness (QED) is 0.735. The standard InChI is InChI=1S/C17H25NO3/c1-3-4-8-13(2)16(19)18-12-15(17(20)21)11-14-9-6-5-7-10-14/h5-7,9-10,13,15H,3-4,8,11-12H2,1-2H3,(H,18,19)(H,20,21). The third-order valence-corrected chi connectivity index (χ3v) is 3.64. The summed E-state index contributed by atoms with van der Waals surface area (Å²) in [4.78, 5) is 23.2. The fourth-order valence-electron chi connectivity index (χ4n) is 2.18. The van der Waals surface area contributed by atoms with E-state index in [0.717, 1.165) is 24.8 Å². The highest BCUT2D eigenvalue weighted by atomic mass is 16.4. The third kappa shape index (κ3) is 6.43. The van der Waals surface area contributed by atoms with Gasteiger partial charge in [-0.1, -0.05) is 57.0 Å². The van der Waals surface area contributed by atoms with E-state index in [2.05, 4.69) is 12.2 Å². The van der Waals surface area contributed by atoms with Crippen molar-refractivity contribution in [2.45, 2.75) is 39.5 Å². The van der Waals surface area contributed by atoms with Crippen LogP contribution in [0.15, 0.2) is 30.3 Å². The van der Waals surface area contributed by atoms with Crippen molar-refractivity contribution >= 4 is 11.9 Å². The number of carbonyl (C=O) groups excluding carboxylic acids is 1. The van der Waals surface area contributed by atoms with Crippen LogP contribution in [0.5, 0.6) is 0 Å². The van der Waals surface area contributed by atoms with E-state index < -0.39 is 11.9 Å². The molecule has 0 saturated carbocycles. The van der Waals surface area contributed by atoms with Crippen molar-refractivity contribution in [2.75, 3.05) is 6.54 Å². The van der Waals surface area contributed by atoms with Crippen LogP contribution in [0.2, 0.25) is 0 Å². The zero-order valence-electron chi connectivity index (χ0n) is 12.8. The monoisotopic (exact) mass is 291 g/mol. The second-order valence-electron chi connectivity index (χ2n) is 5.51. The van der Waals surface area contributed by atoms with Crippen molar-refractivity contribution in [2.24, 2.45) is 11.8 Å². The first-order valence-electron chi connectivity index (χ1n) is 7.59. The number of hydrogen-bond acceptors (Lipinski definition) is 2. The van der Waals surface area contributed by atoms with E-state index in [1.54, 1.807) is 0 Å². The van der Waals surface area contributed by atoms with Crippen LogP contribution in [0.3, 0.4) is 0 Å². The minimum absolute atomic E-state index is 0.0530. The van der Waals surface area contributed by atoms with Crippen molar-refractivity contribution in [3.8, 4) is 0 Å². The Bertz CT molecular complexity index is 445. The summed E-state index contributed by atoms with van der Waals surface area (Å²) in [7, 11) is 0. The third-order valence-electron chi connectivity index (χ3n) is 3.64. The zero-order valence-corrected chi connectivity index (χ0v) is 12.8. The zero-order chi connectivity index (χ0) is 15.7. The number of amides is 1. The molecule has 0 aromatic heterocycles. The maximum absolute atomic E-state index is 11.9. The topological polar surface area (TPSA) is 66.4 Å². The molecule has 2 atom stereocenters. The average molecular weight is 291 g/mol. The molecule has 0 fully saturated rings. The number of carbonyl (C=O) groups is 2. The Morgan fingerprint density at radius 2 is 1.90 bits per heavy atom. The number of hydrogen-bond donors (Lipinski definition) is 2. The number of nitrogens with one attached hydrogen (secondary N) is 1. The summed E-state index contributed by atoms with van der Waals surface area (Å²) < 4.78 is 0. The van der Waals surface area contributed by atoms with Crippen LogP contribution in [0.4, 0.5) is 0 Å². The van der Waals surface area contributed by atoms with Crippen LogP contribution in [0.1, 0.15) is 38.7 Å². The van der Waals surface area contributed by atoms with Crippen LogP contribution in [0, 0.1) is 11.8 Å². The molecule has 0 spiro atoms. The SMILES string of the molecule is CCCCC(C)C(=O)NCC(Cc1ccccc1)C(=O)O. The number of benzene rings is 1. The highest BCUT2D eigenvalue weighted by molar-refractivity contribution is 5.79. The Morgan fingerprint density at radius 1 is 1.24 bits per heavy atom. The summed E-state index contributed by atoms with van der Waals surface area (Å²) in [6.45, 7) is 4.16. The molecule has 1 aromatic rings. The van der Waals surface area contributed by atoms with Crippen molar-refractivity contribution < 1.29 is 14.7 Å². The van der Waals surface area contributed by atoms with E-state index in [4.69, 9.17) is 0 Å². The van der Waals surface area contributed by atoms with E-state index in [0.29, 0.717) is 6.42 Å². The van der Waals surface area contributed by atoms with Crippen molar-refractivity contribution in [1.82, 2.24) is 5.32 Å². The second kappa shape index (κ2) is 9.16. The smallest absolute Gasteiger partial charge is 0.308 e. The highest BCUT2D eigenvalue weighted by Crippen LogP contribution is 2.10. The molecule has 4 nitrogen and oxygen atoms in total. The molecule has 0 aliphatic heterocycles. The minimum atomic E-state index is -0.875. The molecule has 2 N–H and O–H groups in total. The molecule has 1 rings (SSSR count). The highest BCUT2D eigenvalue weighted by Gasteiger charge is 2.20. The molecule has 0 aliphatic rings. The lowest BCUT2D eigenvalue weighted by molar-refractivity contribution is -0.141. The van der Waals surface area contributed by atoms with Gasteiger partial charge in [0.15, 0.2) is 0 Å². The summed E-state index contributed by atoms with van der Waals surface area (Å²) in [5.74, 6) is -1.58. The molecule has 21 heavy (non-hydrogen) atoms. The van der Waals surface area contributed by atoms with Gasteiger partial charge in [-0.25, -0.2) is 0 Å². The first kappa shape index (κ1) is 17.2. The van der Waals surface area contributed by atoms with Gasteiger partial charge in [0.1, 0.15) is 0 Å². The predicted molar refractivity (Wildman–Crippen MR) is 83.0 cm³/mol. The van der Waals surface area contributed by atoms with Gasteiger partial charge in [-0.3, -0.25) is 9.59 Å². The van der Waals surface area contributed by atoms with E-state index >= 15 is 0 Å². The van der Waals surface area contributed by atoms with Crippen molar-refractivity contribution in [1.29, 1.82) is 0 Å². The Balaban J connectivity index is 2.48. The Morgan fingerprint density at radius 3 is 2.48 bits per heavy atom. The number of aliphatic carboxylic acids is 1. The van der Waals surface area contributed by atoms with E-state index in [-0.39, 0.29) is 18.4 Å². The van der Waals surface area contributed by atoms with Crippen LogP contribution >= 0.6 is 0 Å². The molecule has 2 unspecified atom stereocenters. The normalized spacial score (nSPS) is 13.4. The lowest BCUT2D eigenvalue weighted by atomic mass is 9.98. The Kier molecular flexibility index (Phi) is 7.51. The molecule has 0 radical (unpaired) electrons. The van der Waals surface area contributed by atoms with E-state index in [1.807, 2.05) is 37.3 Å². The van der Waals surface area contributed by atoms with Gasteiger partial charge in [0.2, 0.25) is 5.91 Å². The largest absolute Gasteiger partial charge is 0.481 e. The van der Waals surface area contributed by atoms with E-state index in [1.165, 1.54) is 0 Å².